The maximum atomic E-state index is 14.6. The number of carbonyl (C=O) groups is 2. The average molecular weight is 594 g/mol. The van der Waals surface area contributed by atoms with E-state index in [9.17, 15) is 31.5 Å². The van der Waals surface area contributed by atoms with Crippen LogP contribution < -0.4 is 15.4 Å². The number of rotatable bonds is 13. The molecule has 0 bridgehead atoms. The van der Waals surface area contributed by atoms with Crippen molar-refractivity contribution in [3.05, 3.63) is 83.2 Å². The second-order valence-electron chi connectivity index (χ2n) is 9.04. The fraction of sp³-hybridized carbons (Fsp3) is 0.320. The highest BCUT2D eigenvalue weighted by atomic mass is 19.3. The summed E-state index contributed by atoms with van der Waals surface area (Å²) in [4.78, 5) is 28.5. The van der Waals surface area contributed by atoms with Gasteiger partial charge in [0, 0.05) is 38.2 Å². The molecule has 0 aliphatic heterocycles. The van der Waals surface area contributed by atoms with E-state index in [-0.39, 0.29) is 61.0 Å². The number of aryl methyl sites for hydroxylation is 1. The van der Waals surface area contributed by atoms with Crippen LogP contribution in [0.5, 0.6) is 5.75 Å². The highest BCUT2D eigenvalue weighted by Crippen LogP contribution is 2.23. The summed E-state index contributed by atoms with van der Waals surface area (Å²) in [6.45, 7) is -0.157. The Morgan fingerprint density at radius 1 is 0.976 bits per heavy atom. The molecule has 3 heterocycles. The zero-order chi connectivity index (χ0) is 30.3. The van der Waals surface area contributed by atoms with Gasteiger partial charge in [-0.25, -0.2) is 17.9 Å². The second kappa shape index (κ2) is 13.1. The van der Waals surface area contributed by atoms with Crippen LogP contribution in [-0.4, -0.2) is 59.1 Å². The molecule has 1 atom stereocenters. The Labute approximate surface area is 234 Å². The molecule has 3 aromatic heterocycles. The Morgan fingerprint density at radius 2 is 1.64 bits per heavy atom. The lowest BCUT2D eigenvalue weighted by Gasteiger charge is -2.14. The third-order valence-corrected chi connectivity index (χ3v) is 5.60. The Bertz CT molecular complexity index is 1540. The summed E-state index contributed by atoms with van der Waals surface area (Å²) in [5.41, 5.74) is -0.260. The average Bonchev–Trinajstić information content (AvgIpc) is 3.61. The van der Waals surface area contributed by atoms with Crippen molar-refractivity contribution in [2.24, 2.45) is 0 Å². The first-order valence-corrected chi connectivity index (χ1v) is 12.4. The lowest BCUT2D eigenvalue weighted by atomic mass is 10.2. The van der Waals surface area contributed by atoms with Gasteiger partial charge in [0.2, 0.25) is 0 Å². The van der Waals surface area contributed by atoms with Crippen LogP contribution in [0.4, 0.5) is 22.0 Å². The monoisotopic (exact) mass is 593 g/mol. The predicted molar refractivity (Wildman–Crippen MR) is 134 cm³/mol. The molecular weight excluding hydrogens is 569 g/mol. The van der Waals surface area contributed by atoms with Gasteiger partial charge >= 0.3 is 6.11 Å². The Hall–Kier alpha value is -4.96. The number of halogens is 5. The number of pyridine rings is 1. The molecular formula is C25H24F5N9O3. The van der Waals surface area contributed by atoms with Gasteiger partial charge in [-0.3, -0.25) is 19.3 Å². The molecule has 2 N–H and O–H groups in total. The predicted octanol–water partition coefficient (Wildman–Crippen LogP) is 2.82. The molecule has 0 fully saturated rings. The second-order valence-corrected chi connectivity index (χ2v) is 9.04. The molecule has 0 radical (unpaired) electrons. The molecule has 4 aromatic rings. The van der Waals surface area contributed by atoms with Crippen molar-refractivity contribution in [3.63, 3.8) is 0 Å². The number of carbonyl (C=O) groups excluding carboxylic acids is 2. The third kappa shape index (κ3) is 8.52. The molecule has 0 spiro atoms. The number of benzene rings is 1. The van der Waals surface area contributed by atoms with Crippen molar-refractivity contribution < 1.29 is 36.3 Å². The molecule has 222 valence electrons. The summed E-state index contributed by atoms with van der Waals surface area (Å²) in [6.07, 6.45) is -1.05. The van der Waals surface area contributed by atoms with Crippen molar-refractivity contribution >= 4 is 11.8 Å². The minimum absolute atomic E-state index is 0.0422. The quantitative estimate of drug-likeness (QED) is 0.226. The van der Waals surface area contributed by atoms with Gasteiger partial charge in [-0.2, -0.15) is 8.78 Å². The molecule has 1 unspecified atom stereocenters. The summed E-state index contributed by atoms with van der Waals surface area (Å²) in [6, 6.07) is 5.64. The SMILES string of the molecule is CC(F)(F)Oc1ccc(F)c(CNC(=O)c2cn(CC(F)CCn3cc(C(=O)NCc4ncccc4F)nn3)nn2)c1. The fourth-order valence-corrected chi connectivity index (χ4v) is 3.60. The summed E-state index contributed by atoms with van der Waals surface area (Å²) in [5, 5.41) is 19.8. The molecule has 0 saturated heterocycles. The Balaban J connectivity index is 1.22. The summed E-state index contributed by atoms with van der Waals surface area (Å²) < 4.78 is 75.2. The highest BCUT2D eigenvalue weighted by Gasteiger charge is 2.24. The fourth-order valence-electron chi connectivity index (χ4n) is 3.60. The number of nitrogens with zero attached hydrogens (tertiary/aromatic N) is 7. The Morgan fingerprint density at radius 3 is 2.33 bits per heavy atom. The van der Waals surface area contributed by atoms with E-state index >= 15 is 0 Å². The molecule has 42 heavy (non-hydrogen) atoms. The van der Waals surface area contributed by atoms with Gasteiger partial charge in [0.1, 0.15) is 23.6 Å². The molecule has 0 saturated carbocycles. The smallest absolute Gasteiger partial charge is 0.394 e. The lowest BCUT2D eigenvalue weighted by Crippen LogP contribution is -2.24. The first-order chi connectivity index (χ1) is 20.0. The molecule has 12 nitrogen and oxygen atoms in total. The van der Waals surface area contributed by atoms with Crippen LogP contribution in [0.3, 0.4) is 0 Å². The lowest BCUT2D eigenvalue weighted by molar-refractivity contribution is -0.159. The van der Waals surface area contributed by atoms with Gasteiger partial charge < -0.3 is 15.4 Å². The van der Waals surface area contributed by atoms with E-state index in [0.29, 0.717) is 6.92 Å². The van der Waals surface area contributed by atoms with E-state index in [2.05, 4.69) is 41.0 Å². The van der Waals surface area contributed by atoms with E-state index in [1.54, 1.807) is 0 Å². The van der Waals surface area contributed by atoms with E-state index < -0.39 is 35.7 Å². The van der Waals surface area contributed by atoms with Crippen LogP contribution in [0.15, 0.2) is 48.9 Å². The van der Waals surface area contributed by atoms with Crippen LogP contribution in [0.1, 0.15) is 45.6 Å². The number of ether oxygens (including phenoxy) is 1. The third-order valence-electron chi connectivity index (χ3n) is 5.60. The van der Waals surface area contributed by atoms with E-state index in [1.807, 2.05) is 0 Å². The molecule has 0 aliphatic rings. The first-order valence-electron chi connectivity index (χ1n) is 12.4. The standard InChI is InChI=1S/C25H24F5N9O3/c1-25(29,30)42-17-4-5-18(27)15(9-17)10-32-23(40)22-14-39(37-35-22)12-16(26)6-8-38-13-21(34-36-38)24(41)33-11-20-19(28)3-2-7-31-20/h2-5,7,9,13-14,16H,6,8,10-12H2,1H3,(H,32,40)(H,33,41). The summed E-state index contributed by atoms with van der Waals surface area (Å²) in [5.74, 6) is -2.95. The first kappa shape index (κ1) is 30.0. The van der Waals surface area contributed by atoms with Crippen LogP contribution in [0, 0.1) is 11.6 Å². The molecule has 0 aliphatic carbocycles. The van der Waals surface area contributed by atoms with Gasteiger partial charge in [0.15, 0.2) is 11.4 Å². The topological polar surface area (TPSA) is 142 Å². The highest BCUT2D eigenvalue weighted by molar-refractivity contribution is 5.92. The molecule has 17 heteroatoms. The van der Waals surface area contributed by atoms with Gasteiger partial charge in [-0.05, 0) is 30.3 Å². The number of nitrogens with one attached hydrogen (secondary N) is 2. The van der Waals surface area contributed by atoms with Crippen LogP contribution in [0.2, 0.25) is 0 Å². The van der Waals surface area contributed by atoms with E-state index in [4.69, 9.17) is 0 Å². The normalized spacial score (nSPS) is 12.1. The van der Waals surface area contributed by atoms with Gasteiger partial charge in [-0.15, -0.1) is 10.2 Å². The largest absolute Gasteiger partial charge is 0.433 e. The van der Waals surface area contributed by atoms with Crippen LogP contribution in [0.25, 0.3) is 0 Å². The van der Waals surface area contributed by atoms with E-state index in [1.165, 1.54) is 35.4 Å². The Kier molecular flexibility index (Phi) is 9.39. The minimum atomic E-state index is -3.47. The van der Waals surface area contributed by atoms with Crippen molar-refractivity contribution in [2.75, 3.05) is 0 Å². The zero-order valence-electron chi connectivity index (χ0n) is 22.0. The zero-order valence-corrected chi connectivity index (χ0v) is 22.0. The summed E-state index contributed by atoms with van der Waals surface area (Å²) >= 11 is 0. The number of aromatic nitrogens is 7. The molecule has 1 aromatic carbocycles. The van der Waals surface area contributed by atoms with Crippen molar-refractivity contribution in [2.45, 2.75) is 51.8 Å². The van der Waals surface area contributed by atoms with Crippen LogP contribution in [-0.2, 0) is 26.2 Å². The maximum absolute atomic E-state index is 14.6. The van der Waals surface area contributed by atoms with Crippen LogP contribution >= 0.6 is 0 Å². The summed E-state index contributed by atoms with van der Waals surface area (Å²) in [7, 11) is 0. The van der Waals surface area contributed by atoms with Crippen molar-refractivity contribution in [1.82, 2.24) is 45.6 Å². The van der Waals surface area contributed by atoms with Crippen molar-refractivity contribution in [3.8, 4) is 5.75 Å². The maximum Gasteiger partial charge on any atom is 0.394 e. The number of alkyl halides is 3. The van der Waals surface area contributed by atoms with Crippen molar-refractivity contribution in [1.29, 1.82) is 0 Å². The van der Waals surface area contributed by atoms with Gasteiger partial charge in [0.25, 0.3) is 11.8 Å². The molecule has 2 amide bonds. The number of amides is 2. The minimum Gasteiger partial charge on any atom is -0.433 e. The van der Waals surface area contributed by atoms with Gasteiger partial charge in [0.05, 0.1) is 31.2 Å². The molecule has 4 rings (SSSR count). The number of hydrogen-bond donors (Lipinski definition) is 2. The number of hydrogen-bond acceptors (Lipinski definition) is 8. The van der Waals surface area contributed by atoms with E-state index in [0.717, 1.165) is 22.9 Å². The van der Waals surface area contributed by atoms with Gasteiger partial charge in [-0.1, -0.05) is 10.4 Å².